The number of benzene rings is 2. The van der Waals surface area contributed by atoms with E-state index >= 15 is 0 Å². The summed E-state index contributed by atoms with van der Waals surface area (Å²) in [7, 11) is 0. The smallest absolute Gasteiger partial charge is 0.270 e. The molecule has 2 amide bonds. The van der Waals surface area contributed by atoms with Crippen molar-refractivity contribution in [2.45, 2.75) is 6.92 Å². The number of nitro benzene ring substituents is 1. The van der Waals surface area contributed by atoms with Crippen molar-refractivity contribution in [1.82, 2.24) is 4.98 Å². The Balaban J connectivity index is 1.71. The summed E-state index contributed by atoms with van der Waals surface area (Å²) in [5, 5.41) is 11.2. The molecule has 0 radical (unpaired) electrons. The van der Waals surface area contributed by atoms with Crippen LogP contribution in [0.4, 0.5) is 10.8 Å². The van der Waals surface area contributed by atoms with Crippen LogP contribution in [-0.4, -0.2) is 27.5 Å². The Kier molecular flexibility index (Phi) is 4.08. The number of aromatic nitrogens is 1. The van der Waals surface area contributed by atoms with E-state index in [1.54, 1.807) is 6.20 Å². The molecule has 0 N–H and O–H groups in total. The molecule has 0 aliphatic carbocycles. The largest absolute Gasteiger partial charge is 0.289 e. The van der Waals surface area contributed by atoms with Crippen LogP contribution in [0.5, 0.6) is 0 Å². The normalized spacial score (nSPS) is 13.0. The Morgan fingerprint density at radius 1 is 1.07 bits per heavy atom. The van der Waals surface area contributed by atoms with Crippen molar-refractivity contribution in [3.8, 4) is 0 Å². The number of non-ortho nitro benzene ring substituents is 1. The average Bonchev–Trinajstić information content (AvgIpc) is 3.22. The number of hydrogen-bond donors (Lipinski definition) is 0. The molecule has 4 rings (SSSR count). The predicted molar refractivity (Wildman–Crippen MR) is 101 cm³/mol. The van der Waals surface area contributed by atoms with Crippen molar-refractivity contribution in [2.24, 2.45) is 0 Å². The number of thiazole rings is 1. The number of rotatable bonds is 4. The maximum absolute atomic E-state index is 12.7. The van der Waals surface area contributed by atoms with Crippen molar-refractivity contribution in [3.05, 3.63) is 85.9 Å². The van der Waals surface area contributed by atoms with Crippen LogP contribution in [0.15, 0.2) is 48.7 Å². The first-order valence-corrected chi connectivity index (χ1v) is 8.93. The van der Waals surface area contributed by atoms with Gasteiger partial charge in [-0.05, 0) is 19.1 Å². The monoisotopic (exact) mass is 393 g/mol. The zero-order valence-electron chi connectivity index (χ0n) is 14.4. The highest BCUT2D eigenvalue weighted by Crippen LogP contribution is 2.32. The molecule has 28 heavy (non-hydrogen) atoms. The minimum Gasteiger partial charge on any atom is -0.289 e. The predicted octanol–water partition coefficient (Wildman–Crippen LogP) is 3.39. The first-order valence-electron chi connectivity index (χ1n) is 8.11. The molecule has 0 bridgehead atoms. The fourth-order valence-electron chi connectivity index (χ4n) is 2.93. The fourth-order valence-corrected chi connectivity index (χ4v) is 3.69. The van der Waals surface area contributed by atoms with Gasteiger partial charge in [-0.2, -0.15) is 0 Å². The molecule has 0 unspecified atom stereocenters. The number of anilines is 1. The molecule has 9 heteroatoms. The van der Waals surface area contributed by atoms with Crippen LogP contribution in [-0.2, 0) is 0 Å². The van der Waals surface area contributed by atoms with E-state index in [1.165, 1.54) is 53.8 Å². The van der Waals surface area contributed by atoms with Gasteiger partial charge in [-0.25, -0.2) is 9.88 Å². The van der Waals surface area contributed by atoms with Gasteiger partial charge >= 0.3 is 0 Å². The topological polar surface area (TPSA) is 110 Å². The van der Waals surface area contributed by atoms with Crippen LogP contribution in [0.25, 0.3) is 0 Å². The molecule has 3 aromatic rings. The molecule has 0 saturated heterocycles. The lowest BCUT2D eigenvalue weighted by atomic mass is 9.99. The molecule has 1 aliphatic rings. The van der Waals surface area contributed by atoms with Gasteiger partial charge in [0.1, 0.15) is 0 Å². The van der Waals surface area contributed by atoms with Crippen LogP contribution >= 0.6 is 11.3 Å². The third-order valence-electron chi connectivity index (χ3n) is 4.27. The molecule has 2 aromatic carbocycles. The molecule has 1 aliphatic heterocycles. The second-order valence-corrected chi connectivity index (χ2v) is 7.31. The molecule has 8 nitrogen and oxygen atoms in total. The number of imide groups is 1. The second kappa shape index (κ2) is 6.46. The van der Waals surface area contributed by atoms with Crippen LogP contribution in [0.3, 0.4) is 0 Å². The Labute approximate surface area is 162 Å². The number of amides is 2. The van der Waals surface area contributed by atoms with Gasteiger partial charge in [0.15, 0.2) is 10.9 Å². The zero-order chi connectivity index (χ0) is 20.0. The summed E-state index contributed by atoms with van der Waals surface area (Å²) in [6.45, 7) is 1.81. The lowest BCUT2D eigenvalue weighted by Crippen LogP contribution is -2.29. The van der Waals surface area contributed by atoms with E-state index in [0.29, 0.717) is 0 Å². The Morgan fingerprint density at radius 3 is 2.46 bits per heavy atom. The van der Waals surface area contributed by atoms with Gasteiger partial charge in [-0.3, -0.25) is 24.5 Å². The van der Waals surface area contributed by atoms with Crippen LogP contribution in [0.2, 0.25) is 0 Å². The molecule has 0 atom stereocenters. The highest BCUT2D eigenvalue weighted by Gasteiger charge is 2.38. The van der Waals surface area contributed by atoms with Crippen molar-refractivity contribution in [2.75, 3.05) is 4.90 Å². The van der Waals surface area contributed by atoms with Crippen molar-refractivity contribution < 1.29 is 19.3 Å². The standard InChI is InChI=1S/C19H11N3O5S/c1-10-9-20-19(28-10)21-17(24)14-6-5-12(8-15(14)18(21)25)16(23)11-3-2-4-13(7-11)22(26)27/h2-9H,1H3. The number of hydrogen-bond acceptors (Lipinski definition) is 7. The third kappa shape index (κ3) is 2.78. The van der Waals surface area contributed by atoms with Gasteiger partial charge in [-0.1, -0.05) is 18.2 Å². The van der Waals surface area contributed by atoms with Crippen LogP contribution in [0, 0.1) is 17.0 Å². The Bertz CT molecular complexity index is 1180. The molecule has 138 valence electrons. The molecule has 0 fully saturated rings. The Morgan fingerprint density at radius 2 is 1.79 bits per heavy atom. The number of fused-ring (bicyclic) bond motifs is 1. The van der Waals surface area contributed by atoms with Gasteiger partial charge in [0, 0.05) is 34.3 Å². The highest BCUT2D eigenvalue weighted by molar-refractivity contribution is 7.16. The summed E-state index contributed by atoms with van der Waals surface area (Å²) in [6.07, 6.45) is 1.57. The minimum atomic E-state index is -0.588. The number of ketones is 1. The van der Waals surface area contributed by atoms with Crippen molar-refractivity contribution in [1.29, 1.82) is 0 Å². The van der Waals surface area contributed by atoms with E-state index in [9.17, 15) is 24.5 Å². The van der Waals surface area contributed by atoms with Gasteiger partial charge in [-0.15, -0.1) is 11.3 Å². The number of nitrogens with zero attached hydrogens (tertiary/aromatic N) is 3. The third-order valence-corrected chi connectivity index (χ3v) is 5.17. The molecular weight excluding hydrogens is 382 g/mol. The summed E-state index contributed by atoms with van der Waals surface area (Å²) in [5.74, 6) is -1.53. The van der Waals surface area contributed by atoms with Crippen LogP contribution < -0.4 is 4.90 Å². The van der Waals surface area contributed by atoms with Crippen LogP contribution in [0.1, 0.15) is 41.5 Å². The quantitative estimate of drug-likeness (QED) is 0.291. The fraction of sp³-hybridized carbons (Fsp3) is 0.0526. The maximum Gasteiger partial charge on any atom is 0.270 e. The van der Waals surface area contributed by atoms with Gasteiger partial charge in [0.05, 0.1) is 16.1 Å². The molecule has 2 heterocycles. The van der Waals surface area contributed by atoms with Crippen molar-refractivity contribution >= 4 is 39.8 Å². The summed E-state index contributed by atoms with van der Waals surface area (Å²) < 4.78 is 0. The average molecular weight is 393 g/mol. The summed E-state index contributed by atoms with van der Waals surface area (Å²) >= 11 is 1.22. The van der Waals surface area contributed by atoms with E-state index in [0.717, 1.165) is 9.78 Å². The summed E-state index contributed by atoms with van der Waals surface area (Å²) in [5.41, 5.74) is 0.377. The summed E-state index contributed by atoms with van der Waals surface area (Å²) in [4.78, 5) is 54.3. The minimum absolute atomic E-state index is 0.106. The highest BCUT2D eigenvalue weighted by atomic mass is 32.1. The summed E-state index contributed by atoms with van der Waals surface area (Å²) in [6, 6.07) is 9.53. The molecule has 0 spiro atoms. The van der Waals surface area contributed by atoms with Gasteiger partial charge in [0.25, 0.3) is 17.5 Å². The number of nitro groups is 1. The molecule has 1 aromatic heterocycles. The van der Waals surface area contributed by atoms with Gasteiger partial charge < -0.3 is 0 Å². The van der Waals surface area contributed by atoms with E-state index in [1.807, 2.05) is 6.92 Å². The lowest BCUT2D eigenvalue weighted by Gasteiger charge is -2.08. The van der Waals surface area contributed by atoms with E-state index in [-0.39, 0.29) is 33.1 Å². The second-order valence-electron chi connectivity index (χ2n) is 6.10. The first kappa shape index (κ1) is 17.7. The Hall–Kier alpha value is -3.72. The number of aryl methyl sites for hydroxylation is 1. The molecular formula is C19H11N3O5S. The van der Waals surface area contributed by atoms with E-state index in [4.69, 9.17) is 0 Å². The maximum atomic E-state index is 12.7. The first-order chi connectivity index (χ1) is 13.4. The number of carbonyl (C=O) groups is 3. The van der Waals surface area contributed by atoms with Gasteiger partial charge in [0.2, 0.25) is 0 Å². The lowest BCUT2D eigenvalue weighted by molar-refractivity contribution is -0.384. The van der Waals surface area contributed by atoms with Crippen molar-refractivity contribution in [3.63, 3.8) is 0 Å². The SMILES string of the molecule is Cc1cnc(N2C(=O)c3ccc(C(=O)c4cccc([N+](=O)[O-])c4)cc3C2=O)s1. The zero-order valence-corrected chi connectivity index (χ0v) is 15.2. The number of carbonyl (C=O) groups excluding carboxylic acids is 3. The molecule has 0 saturated carbocycles. The van der Waals surface area contributed by atoms with E-state index < -0.39 is 22.5 Å². The van der Waals surface area contributed by atoms with E-state index in [2.05, 4.69) is 4.98 Å².